The Labute approximate surface area is 165 Å². The minimum atomic E-state index is -0.288. The lowest BCUT2D eigenvalue weighted by atomic mass is 10.0. The van der Waals surface area contributed by atoms with E-state index in [0.717, 1.165) is 24.1 Å². The SMILES string of the molecule is CCC(C)N(Cc1ccccc1F)C(=O)c1cccc(-c2cnn(CC)c2)c1. The number of hydrogen-bond acceptors (Lipinski definition) is 2. The van der Waals surface area contributed by atoms with Gasteiger partial charge in [-0.1, -0.05) is 37.3 Å². The molecule has 1 heterocycles. The standard InChI is InChI=1S/C23H26FN3O/c1-4-17(3)27(16-20-9-6-7-12-22(20)24)23(28)19-11-8-10-18(13-19)21-14-25-26(5-2)15-21/h6-15,17H,4-5,16H2,1-3H3. The molecule has 4 nitrogen and oxygen atoms in total. The molecular weight excluding hydrogens is 353 g/mol. The number of aryl methyl sites for hydroxylation is 1. The van der Waals surface area contributed by atoms with Crippen molar-refractivity contribution in [3.8, 4) is 11.1 Å². The van der Waals surface area contributed by atoms with Gasteiger partial charge >= 0.3 is 0 Å². The van der Waals surface area contributed by atoms with Gasteiger partial charge in [0, 0.05) is 42.0 Å². The lowest BCUT2D eigenvalue weighted by Crippen LogP contribution is -2.38. The van der Waals surface area contributed by atoms with Crippen molar-refractivity contribution in [1.29, 1.82) is 0 Å². The van der Waals surface area contributed by atoms with Gasteiger partial charge in [0.15, 0.2) is 0 Å². The van der Waals surface area contributed by atoms with E-state index in [0.29, 0.717) is 11.1 Å². The highest BCUT2D eigenvalue weighted by Crippen LogP contribution is 2.23. The van der Waals surface area contributed by atoms with Crippen LogP contribution in [0.3, 0.4) is 0 Å². The number of carbonyl (C=O) groups is 1. The average Bonchev–Trinajstić information content (AvgIpc) is 3.21. The predicted molar refractivity (Wildman–Crippen MR) is 109 cm³/mol. The van der Waals surface area contributed by atoms with E-state index < -0.39 is 0 Å². The van der Waals surface area contributed by atoms with Crippen LogP contribution in [-0.2, 0) is 13.1 Å². The molecule has 1 atom stereocenters. The van der Waals surface area contributed by atoms with Crippen LogP contribution in [0.15, 0.2) is 60.9 Å². The second-order valence-electron chi connectivity index (χ2n) is 6.95. The molecule has 1 aromatic heterocycles. The zero-order valence-electron chi connectivity index (χ0n) is 16.6. The van der Waals surface area contributed by atoms with E-state index in [-0.39, 0.29) is 24.3 Å². The van der Waals surface area contributed by atoms with Gasteiger partial charge in [-0.25, -0.2) is 4.39 Å². The highest BCUT2D eigenvalue weighted by Gasteiger charge is 2.22. The normalized spacial score (nSPS) is 12.0. The van der Waals surface area contributed by atoms with Gasteiger partial charge in [-0.15, -0.1) is 0 Å². The summed E-state index contributed by atoms with van der Waals surface area (Å²) in [6.07, 6.45) is 4.57. The van der Waals surface area contributed by atoms with Gasteiger partial charge in [0.1, 0.15) is 5.82 Å². The molecule has 0 saturated heterocycles. The lowest BCUT2D eigenvalue weighted by molar-refractivity contribution is 0.0669. The molecular formula is C23H26FN3O. The molecule has 3 aromatic rings. The largest absolute Gasteiger partial charge is 0.332 e. The van der Waals surface area contributed by atoms with Gasteiger partial charge in [-0.05, 0) is 44.0 Å². The second kappa shape index (κ2) is 8.83. The molecule has 1 unspecified atom stereocenters. The molecule has 0 fully saturated rings. The first kappa shape index (κ1) is 19.8. The maximum Gasteiger partial charge on any atom is 0.254 e. The number of carbonyl (C=O) groups excluding carboxylic acids is 1. The molecule has 0 N–H and O–H groups in total. The van der Waals surface area contributed by atoms with Crippen molar-refractivity contribution >= 4 is 5.91 Å². The fourth-order valence-electron chi connectivity index (χ4n) is 3.14. The van der Waals surface area contributed by atoms with Crippen LogP contribution in [0.2, 0.25) is 0 Å². The third-order valence-electron chi connectivity index (χ3n) is 5.08. The van der Waals surface area contributed by atoms with E-state index in [2.05, 4.69) is 5.10 Å². The summed E-state index contributed by atoms with van der Waals surface area (Å²) in [6, 6.07) is 14.2. The molecule has 0 spiro atoms. The second-order valence-corrected chi connectivity index (χ2v) is 6.95. The van der Waals surface area contributed by atoms with Crippen LogP contribution in [0.4, 0.5) is 4.39 Å². The summed E-state index contributed by atoms with van der Waals surface area (Å²) in [5, 5.41) is 4.31. The minimum Gasteiger partial charge on any atom is -0.332 e. The number of rotatable bonds is 7. The van der Waals surface area contributed by atoms with Crippen molar-refractivity contribution in [1.82, 2.24) is 14.7 Å². The van der Waals surface area contributed by atoms with Crippen LogP contribution < -0.4 is 0 Å². The van der Waals surface area contributed by atoms with Gasteiger partial charge in [0.05, 0.1) is 6.20 Å². The summed E-state index contributed by atoms with van der Waals surface area (Å²) in [6.45, 7) is 7.10. The molecule has 146 valence electrons. The van der Waals surface area contributed by atoms with E-state index in [4.69, 9.17) is 0 Å². The van der Waals surface area contributed by atoms with Crippen LogP contribution in [-0.4, -0.2) is 26.6 Å². The Morgan fingerprint density at radius 3 is 2.61 bits per heavy atom. The highest BCUT2D eigenvalue weighted by atomic mass is 19.1. The Morgan fingerprint density at radius 2 is 1.93 bits per heavy atom. The Morgan fingerprint density at radius 1 is 1.14 bits per heavy atom. The molecule has 1 amide bonds. The van der Waals surface area contributed by atoms with Crippen molar-refractivity contribution in [2.24, 2.45) is 0 Å². The number of amides is 1. The molecule has 28 heavy (non-hydrogen) atoms. The first-order chi connectivity index (χ1) is 13.5. The van der Waals surface area contributed by atoms with Crippen LogP contribution in [0.5, 0.6) is 0 Å². The zero-order valence-corrected chi connectivity index (χ0v) is 16.6. The predicted octanol–water partition coefficient (Wildman–Crippen LogP) is 5.15. The summed E-state index contributed by atoms with van der Waals surface area (Å²) >= 11 is 0. The van der Waals surface area contributed by atoms with Crippen LogP contribution in [0.1, 0.15) is 43.1 Å². The van der Waals surface area contributed by atoms with E-state index in [1.165, 1.54) is 6.07 Å². The summed E-state index contributed by atoms with van der Waals surface area (Å²) in [5.74, 6) is -0.383. The van der Waals surface area contributed by atoms with Crippen LogP contribution >= 0.6 is 0 Å². The molecule has 0 bridgehead atoms. The fourth-order valence-corrected chi connectivity index (χ4v) is 3.14. The van der Waals surface area contributed by atoms with E-state index in [9.17, 15) is 9.18 Å². The third-order valence-corrected chi connectivity index (χ3v) is 5.08. The zero-order chi connectivity index (χ0) is 20.1. The molecule has 0 aliphatic carbocycles. The van der Waals surface area contributed by atoms with E-state index in [1.54, 1.807) is 29.3 Å². The molecule has 3 rings (SSSR count). The van der Waals surface area contributed by atoms with Gasteiger partial charge in [-0.3, -0.25) is 9.48 Å². The molecule has 0 aliphatic rings. The van der Waals surface area contributed by atoms with Crippen LogP contribution in [0.25, 0.3) is 11.1 Å². The molecule has 0 saturated carbocycles. The molecule has 0 aliphatic heterocycles. The maximum atomic E-state index is 14.2. The van der Waals surface area contributed by atoms with Gasteiger partial charge in [0.25, 0.3) is 5.91 Å². The maximum absolute atomic E-state index is 14.2. The monoisotopic (exact) mass is 379 g/mol. The topological polar surface area (TPSA) is 38.1 Å². The van der Waals surface area contributed by atoms with Crippen molar-refractivity contribution in [3.05, 3.63) is 77.9 Å². The average molecular weight is 379 g/mol. The smallest absolute Gasteiger partial charge is 0.254 e. The number of aromatic nitrogens is 2. The molecule has 2 aromatic carbocycles. The van der Waals surface area contributed by atoms with Crippen molar-refractivity contribution < 1.29 is 9.18 Å². The van der Waals surface area contributed by atoms with Crippen molar-refractivity contribution in [2.75, 3.05) is 0 Å². The highest BCUT2D eigenvalue weighted by molar-refractivity contribution is 5.95. The van der Waals surface area contributed by atoms with Gasteiger partial charge in [-0.2, -0.15) is 5.10 Å². The Bertz CT molecular complexity index is 950. The Hall–Kier alpha value is -2.95. The van der Waals surface area contributed by atoms with Gasteiger partial charge in [0.2, 0.25) is 0 Å². The van der Waals surface area contributed by atoms with Crippen molar-refractivity contribution in [3.63, 3.8) is 0 Å². The number of benzene rings is 2. The van der Waals surface area contributed by atoms with Crippen molar-refractivity contribution in [2.45, 2.75) is 46.3 Å². The summed E-state index contributed by atoms with van der Waals surface area (Å²) in [5.41, 5.74) is 3.04. The number of nitrogens with zero attached hydrogens (tertiary/aromatic N) is 3. The summed E-state index contributed by atoms with van der Waals surface area (Å²) < 4.78 is 16.0. The first-order valence-corrected chi connectivity index (χ1v) is 9.70. The van der Waals surface area contributed by atoms with Crippen LogP contribution in [0, 0.1) is 5.82 Å². The molecule has 5 heteroatoms. The number of hydrogen-bond donors (Lipinski definition) is 0. The quantitative estimate of drug-likeness (QED) is 0.569. The number of halogens is 1. The van der Waals surface area contributed by atoms with E-state index in [1.807, 2.05) is 55.9 Å². The van der Waals surface area contributed by atoms with Gasteiger partial charge < -0.3 is 4.90 Å². The third kappa shape index (κ3) is 4.30. The lowest BCUT2D eigenvalue weighted by Gasteiger charge is -2.29. The summed E-state index contributed by atoms with van der Waals surface area (Å²) in [7, 11) is 0. The minimum absolute atomic E-state index is 0.00129. The summed E-state index contributed by atoms with van der Waals surface area (Å²) in [4.78, 5) is 15.0. The Kier molecular flexibility index (Phi) is 6.24. The Balaban J connectivity index is 1.90. The fraction of sp³-hybridized carbons (Fsp3) is 0.304. The first-order valence-electron chi connectivity index (χ1n) is 9.70. The molecule has 0 radical (unpaired) electrons. The van der Waals surface area contributed by atoms with E-state index >= 15 is 0 Å².